The van der Waals surface area contributed by atoms with Gasteiger partial charge in [-0.15, -0.1) is 0 Å². The summed E-state index contributed by atoms with van der Waals surface area (Å²) < 4.78 is 0.473. The Kier molecular flexibility index (Phi) is 17.2. The predicted octanol–water partition coefficient (Wildman–Crippen LogP) is 4.33. The Balaban J connectivity index is 0.00000675. The van der Waals surface area contributed by atoms with Crippen LogP contribution in [0, 0.1) is 0 Å². The van der Waals surface area contributed by atoms with Gasteiger partial charge in [-0.1, -0.05) is 126 Å². The largest absolute Gasteiger partial charge is 1.00 e. The van der Waals surface area contributed by atoms with Gasteiger partial charge in [-0.05, 0) is 23.6 Å². The molecule has 0 aliphatic carbocycles. The Bertz CT molecular complexity index is 1220. The SMILES string of the molecule is CCCCCCCCCCCCCCNC(=O)[C@H](Cc1c[nH]c2ccccc12)NC(=O)[C@H](Cc1ccccc1)[N+](C)(C)C.[Cl-]. The van der Waals surface area contributed by atoms with Crippen LogP contribution in [0.1, 0.15) is 95.1 Å². The molecular weight excluding hydrogens is 568 g/mol. The van der Waals surface area contributed by atoms with E-state index in [0.717, 1.165) is 34.9 Å². The first kappa shape index (κ1) is 37.4. The number of nitrogens with zero attached hydrogens (tertiary/aromatic N) is 1. The van der Waals surface area contributed by atoms with Crippen molar-refractivity contribution in [2.24, 2.45) is 0 Å². The average molecular weight is 625 g/mol. The molecule has 1 heterocycles. The molecule has 44 heavy (non-hydrogen) atoms. The van der Waals surface area contributed by atoms with Crippen molar-refractivity contribution in [3.63, 3.8) is 0 Å². The fourth-order valence-corrected chi connectivity index (χ4v) is 5.85. The van der Waals surface area contributed by atoms with Crippen molar-refractivity contribution in [3.05, 3.63) is 71.9 Å². The zero-order valence-corrected chi connectivity index (χ0v) is 28.4. The maximum Gasteiger partial charge on any atom is 0.279 e. The van der Waals surface area contributed by atoms with Crippen molar-refractivity contribution in [1.29, 1.82) is 0 Å². The third-order valence-electron chi connectivity index (χ3n) is 8.57. The van der Waals surface area contributed by atoms with Gasteiger partial charge in [0.1, 0.15) is 6.04 Å². The number of rotatable bonds is 21. The van der Waals surface area contributed by atoms with Crippen LogP contribution in [0.25, 0.3) is 10.9 Å². The standard InChI is InChI=1S/C37H56N4O2.ClH/c1-5-6-7-8-9-10-11-12-13-14-15-21-26-38-36(42)34(28-31-29-39-33-25-20-19-24-32(31)33)40-37(43)35(41(2,3)4)27-30-22-17-16-18-23-30;/h16-20,22-25,29,34-35,39H,5-15,21,26-28H2,1-4H3,(H-,38,40,42,43);1H/t34-,35-;/m0./s1. The van der Waals surface area contributed by atoms with E-state index in [9.17, 15) is 9.59 Å². The Hall–Kier alpha value is -2.83. The number of amides is 2. The average Bonchev–Trinajstić information content (AvgIpc) is 3.40. The number of carbonyl (C=O) groups excluding carboxylic acids is 2. The van der Waals surface area contributed by atoms with Gasteiger partial charge in [0.25, 0.3) is 5.91 Å². The van der Waals surface area contributed by atoms with E-state index >= 15 is 0 Å². The topological polar surface area (TPSA) is 74.0 Å². The number of hydrogen-bond acceptors (Lipinski definition) is 2. The van der Waals surface area contributed by atoms with E-state index in [1.54, 1.807) is 0 Å². The predicted molar refractivity (Wildman–Crippen MR) is 180 cm³/mol. The molecule has 6 nitrogen and oxygen atoms in total. The number of H-pyrrole nitrogens is 1. The number of fused-ring (bicyclic) bond motifs is 1. The van der Waals surface area contributed by atoms with Crippen molar-refractivity contribution in [1.82, 2.24) is 15.6 Å². The zero-order chi connectivity index (χ0) is 30.9. The maximum atomic E-state index is 13.8. The summed E-state index contributed by atoms with van der Waals surface area (Å²) in [7, 11) is 6.11. The maximum absolute atomic E-state index is 13.8. The van der Waals surface area contributed by atoms with E-state index in [1.165, 1.54) is 64.2 Å². The minimum atomic E-state index is -0.645. The zero-order valence-electron chi connectivity index (χ0n) is 27.7. The van der Waals surface area contributed by atoms with Crippen molar-refractivity contribution in [3.8, 4) is 0 Å². The minimum absolute atomic E-state index is 0. The molecule has 3 rings (SSSR count). The molecule has 0 fully saturated rings. The number of benzene rings is 2. The molecule has 3 aromatic rings. The van der Waals surface area contributed by atoms with E-state index in [4.69, 9.17) is 0 Å². The molecule has 244 valence electrons. The van der Waals surface area contributed by atoms with Crippen LogP contribution in [0.2, 0.25) is 0 Å². The van der Waals surface area contributed by atoms with Crippen LogP contribution < -0.4 is 23.0 Å². The first-order valence-corrected chi connectivity index (χ1v) is 16.8. The molecule has 0 unspecified atom stereocenters. The van der Waals surface area contributed by atoms with Crippen molar-refractivity contribution in [2.45, 2.75) is 109 Å². The molecule has 0 spiro atoms. The van der Waals surface area contributed by atoms with Crippen LogP contribution in [0.3, 0.4) is 0 Å². The van der Waals surface area contributed by atoms with E-state index in [-0.39, 0.29) is 30.3 Å². The highest BCUT2D eigenvalue weighted by atomic mass is 35.5. The van der Waals surface area contributed by atoms with Gasteiger partial charge in [-0.3, -0.25) is 9.59 Å². The minimum Gasteiger partial charge on any atom is -1.00 e. The van der Waals surface area contributed by atoms with Gasteiger partial charge in [0.15, 0.2) is 6.04 Å². The van der Waals surface area contributed by atoms with Gasteiger partial charge < -0.3 is 32.5 Å². The molecule has 0 aliphatic rings. The normalized spacial score (nSPS) is 12.8. The number of para-hydroxylation sites is 1. The number of nitrogens with one attached hydrogen (secondary N) is 3. The highest BCUT2D eigenvalue weighted by Gasteiger charge is 2.34. The highest BCUT2D eigenvalue weighted by molar-refractivity contribution is 5.91. The number of quaternary nitrogens is 1. The number of carbonyl (C=O) groups is 2. The van der Waals surface area contributed by atoms with Crippen molar-refractivity contribution < 1.29 is 26.5 Å². The Labute approximate surface area is 272 Å². The molecular formula is C37H57ClN4O2. The summed E-state index contributed by atoms with van der Waals surface area (Å²) in [6, 6.07) is 17.2. The molecule has 2 atom stereocenters. The van der Waals surface area contributed by atoms with Crippen molar-refractivity contribution in [2.75, 3.05) is 27.7 Å². The van der Waals surface area contributed by atoms with E-state index in [2.05, 4.69) is 40.7 Å². The van der Waals surface area contributed by atoms with Gasteiger partial charge in [0.05, 0.1) is 21.1 Å². The molecule has 0 saturated carbocycles. The third-order valence-corrected chi connectivity index (χ3v) is 8.57. The van der Waals surface area contributed by atoms with Gasteiger partial charge in [-0.2, -0.15) is 0 Å². The lowest BCUT2D eigenvalue weighted by Crippen LogP contribution is -3.00. The lowest BCUT2D eigenvalue weighted by molar-refractivity contribution is -0.886. The number of aromatic amines is 1. The first-order chi connectivity index (χ1) is 20.8. The molecule has 0 saturated heterocycles. The van der Waals surface area contributed by atoms with E-state index < -0.39 is 6.04 Å². The number of halogens is 1. The Morgan fingerprint density at radius 1 is 0.727 bits per heavy atom. The second-order valence-electron chi connectivity index (χ2n) is 13.1. The first-order valence-electron chi connectivity index (χ1n) is 16.8. The highest BCUT2D eigenvalue weighted by Crippen LogP contribution is 2.20. The van der Waals surface area contributed by atoms with Gasteiger partial charge >= 0.3 is 0 Å². The molecule has 0 aliphatic heterocycles. The Morgan fingerprint density at radius 3 is 1.91 bits per heavy atom. The number of hydrogen-bond donors (Lipinski definition) is 3. The summed E-state index contributed by atoms with van der Waals surface area (Å²) in [6.45, 7) is 2.90. The number of likely N-dealkylation sites (N-methyl/N-ethyl adjacent to an activating group) is 1. The summed E-state index contributed by atoms with van der Waals surface area (Å²) in [6.07, 6.45) is 18.4. The van der Waals surface area contributed by atoms with Crippen LogP contribution in [0.4, 0.5) is 0 Å². The lowest BCUT2D eigenvalue weighted by atomic mass is 10.0. The van der Waals surface area contributed by atoms with Gasteiger partial charge in [0.2, 0.25) is 5.91 Å². The molecule has 7 heteroatoms. The summed E-state index contributed by atoms with van der Waals surface area (Å²) in [4.78, 5) is 30.6. The van der Waals surface area contributed by atoms with E-state index in [0.29, 0.717) is 23.9 Å². The van der Waals surface area contributed by atoms with Crippen molar-refractivity contribution >= 4 is 22.7 Å². The summed E-state index contributed by atoms with van der Waals surface area (Å²) in [5.74, 6) is -0.205. The summed E-state index contributed by atoms with van der Waals surface area (Å²) in [5.41, 5.74) is 3.18. The van der Waals surface area contributed by atoms with Gasteiger partial charge in [-0.25, -0.2) is 0 Å². The van der Waals surface area contributed by atoms with Crippen LogP contribution in [-0.4, -0.2) is 61.1 Å². The number of unbranched alkanes of at least 4 members (excludes halogenated alkanes) is 11. The fraction of sp³-hybridized carbons (Fsp3) is 0.568. The molecule has 0 radical (unpaired) electrons. The lowest BCUT2D eigenvalue weighted by Gasteiger charge is -2.34. The van der Waals surface area contributed by atoms with Crippen LogP contribution >= 0.6 is 0 Å². The van der Waals surface area contributed by atoms with E-state index in [1.807, 2.05) is 63.7 Å². The Morgan fingerprint density at radius 2 is 1.30 bits per heavy atom. The fourth-order valence-electron chi connectivity index (χ4n) is 5.85. The molecule has 1 aromatic heterocycles. The van der Waals surface area contributed by atoms with Crippen LogP contribution in [0.5, 0.6) is 0 Å². The van der Waals surface area contributed by atoms with Crippen LogP contribution in [0.15, 0.2) is 60.8 Å². The summed E-state index contributed by atoms with van der Waals surface area (Å²) >= 11 is 0. The quantitative estimate of drug-likeness (QED) is 0.122. The molecule has 3 N–H and O–H groups in total. The summed E-state index contributed by atoms with van der Waals surface area (Å²) in [5, 5.41) is 7.39. The third kappa shape index (κ3) is 13.0. The van der Waals surface area contributed by atoms with Gasteiger partial charge in [0, 0.05) is 36.5 Å². The van der Waals surface area contributed by atoms with Crippen LogP contribution in [-0.2, 0) is 22.4 Å². The molecule has 2 aromatic carbocycles. The number of aromatic nitrogens is 1. The second-order valence-corrected chi connectivity index (χ2v) is 13.1. The molecule has 2 amide bonds. The molecule has 0 bridgehead atoms. The monoisotopic (exact) mass is 624 g/mol. The smallest absolute Gasteiger partial charge is 0.279 e. The second kappa shape index (κ2) is 20.2.